The molecule has 3 fully saturated rings. The SMILES string of the molecule is O=C1OC2N(OC1=O)C(=O)OC21CCN(CCOCc2ccc(-c3cccc(C(F)(F)F)c3)cc2)CC1. The van der Waals surface area contributed by atoms with Crippen LogP contribution in [0.4, 0.5) is 18.0 Å². The molecule has 0 aliphatic carbocycles. The summed E-state index contributed by atoms with van der Waals surface area (Å²) in [5.74, 6) is -2.41. The Labute approximate surface area is 209 Å². The number of hydroxylamine groups is 2. The fraction of sp³-hybridized carbons (Fsp3) is 0.400. The average Bonchev–Trinajstić information content (AvgIpc) is 3.13. The molecule has 37 heavy (non-hydrogen) atoms. The van der Waals surface area contributed by atoms with Gasteiger partial charge in [-0.3, -0.25) is 0 Å². The van der Waals surface area contributed by atoms with Gasteiger partial charge in [0.2, 0.25) is 0 Å². The van der Waals surface area contributed by atoms with Crippen molar-refractivity contribution in [1.29, 1.82) is 0 Å². The highest BCUT2D eigenvalue weighted by atomic mass is 19.4. The molecule has 3 aliphatic rings. The topological polar surface area (TPSA) is 94.6 Å². The molecule has 0 radical (unpaired) electrons. The Morgan fingerprint density at radius 2 is 1.70 bits per heavy atom. The second kappa shape index (κ2) is 9.67. The fourth-order valence-corrected chi connectivity index (χ4v) is 4.65. The van der Waals surface area contributed by atoms with Crippen molar-refractivity contribution >= 4 is 18.0 Å². The zero-order valence-corrected chi connectivity index (χ0v) is 19.5. The molecule has 3 saturated heterocycles. The zero-order chi connectivity index (χ0) is 26.2. The van der Waals surface area contributed by atoms with Crippen molar-refractivity contribution in [3.8, 4) is 11.1 Å². The number of esters is 1. The second-order valence-corrected chi connectivity index (χ2v) is 9.06. The molecule has 1 amide bonds. The molecule has 9 nitrogen and oxygen atoms in total. The molecule has 2 aromatic carbocycles. The molecule has 3 heterocycles. The van der Waals surface area contributed by atoms with Crippen molar-refractivity contribution < 1.29 is 46.6 Å². The molecule has 2 aromatic rings. The first-order chi connectivity index (χ1) is 17.6. The lowest BCUT2D eigenvalue weighted by atomic mass is 9.89. The number of rotatable bonds is 6. The van der Waals surface area contributed by atoms with E-state index in [2.05, 4.69) is 4.90 Å². The highest BCUT2D eigenvalue weighted by molar-refractivity contribution is 6.30. The Morgan fingerprint density at radius 1 is 0.973 bits per heavy atom. The third-order valence-electron chi connectivity index (χ3n) is 6.70. The summed E-state index contributed by atoms with van der Waals surface area (Å²) in [5, 5.41) is 0.681. The van der Waals surface area contributed by atoms with Crippen LogP contribution in [0.5, 0.6) is 0 Å². The van der Waals surface area contributed by atoms with E-state index in [4.69, 9.17) is 19.0 Å². The van der Waals surface area contributed by atoms with Crippen LogP contribution in [-0.4, -0.2) is 66.1 Å². The van der Waals surface area contributed by atoms with E-state index >= 15 is 0 Å². The minimum absolute atomic E-state index is 0.344. The van der Waals surface area contributed by atoms with Crippen molar-refractivity contribution in [3.63, 3.8) is 0 Å². The largest absolute Gasteiger partial charge is 0.447 e. The molecule has 0 bridgehead atoms. The summed E-state index contributed by atoms with van der Waals surface area (Å²) in [5.41, 5.74) is 0.309. The van der Waals surface area contributed by atoms with Gasteiger partial charge in [0.25, 0.3) is 6.23 Å². The van der Waals surface area contributed by atoms with E-state index in [0.29, 0.717) is 61.9 Å². The average molecular weight is 520 g/mol. The van der Waals surface area contributed by atoms with Crippen LogP contribution >= 0.6 is 0 Å². The Hall–Kier alpha value is -3.64. The first-order valence-corrected chi connectivity index (χ1v) is 11.7. The molecule has 1 unspecified atom stereocenters. The minimum Gasteiger partial charge on any atom is -0.434 e. The van der Waals surface area contributed by atoms with Gasteiger partial charge in [0.1, 0.15) is 0 Å². The number of carbonyl (C=O) groups excluding carboxylic acids is 3. The van der Waals surface area contributed by atoms with E-state index < -0.39 is 41.6 Å². The van der Waals surface area contributed by atoms with Gasteiger partial charge in [0, 0.05) is 32.5 Å². The number of ether oxygens (including phenoxy) is 3. The molecule has 1 atom stereocenters. The predicted molar refractivity (Wildman–Crippen MR) is 119 cm³/mol. The first kappa shape index (κ1) is 25.0. The molecule has 12 heteroatoms. The Balaban J connectivity index is 1.08. The number of nitrogens with zero attached hydrogens (tertiary/aromatic N) is 2. The number of amides is 1. The van der Waals surface area contributed by atoms with Crippen LogP contribution in [-0.2, 0) is 41.4 Å². The molecular formula is C25H23F3N2O7. The number of hydrogen-bond donors (Lipinski definition) is 0. The number of carbonyl (C=O) groups is 3. The number of fused-ring (bicyclic) bond motifs is 2. The van der Waals surface area contributed by atoms with Gasteiger partial charge < -0.3 is 23.9 Å². The fourth-order valence-electron chi connectivity index (χ4n) is 4.65. The number of benzene rings is 2. The van der Waals surface area contributed by atoms with Crippen LogP contribution in [0.25, 0.3) is 11.1 Å². The quantitative estimate of drug-likeness (QED) is 0.325. The zero-order valence-electron chi connectivity index (χ0n) is 19.5. The molecule has 3 aliphatic heterocycles. The number of likely N-dealkylation sites (tertiary alicyclic amines) is 1. The van der Waals surface area contributed by atoms with E-state index in [1.165, 1.54) is 6.07 Å². The molecule has 0 saturated carbocycles. The van der Waals surface area contributed by atoms with Crippen LogP contribution in [0, 0.1) is 0 Å². The van der Waals surface area contributed by atoms with Gasteiger partial charge >= 0.3 is 24.2 Å². The summed E-state index contributed by atoms with van der Waals surface area (Å²) in [6, 6.07) is 12.4. The molecule has 0 N–H and O–H groups in total. The van der Waals surface area contributed by atoms with Gasteiger partial charge in [-0.05, 0) is 28.8 Å². The number of alkyl halides is 3. The first-order valence-electron chi connectivity index (χ1n) is 11.7. The Morgan fingerprint density at radius 3 is 2.41 bits per heavy atom. The predicted octanol–water partition coefficient (Wildman–Crippen LogP) is 3.52. The van der Waals surface area contributed by atoms with Gasteiger partial charge in [-0.15, -0.1) is 0 Å². The van der Waals surface area contributed by atoms with Crippen molar-refractivity contribution in [3.05, 3.63) is 59.7 Å². The third kappa shape index (κ3) is 5.12. The second-order valence-electron chi connectivity index (χ2n) is 9.06. The molecular weight excluding hydrogens is 497 g/mol. The van der Waals surface area contributed by atoms with Gasteiger partial charge in [-0.2, -0.15) is 13.2 Å². The van der Waals surface area contributed by atoms with Crippen LogP contribution < -0.4 is 0 Å². The standard InChI is InChI=1S/C25H23F3N2O7/c26-25(27,28)19-3-1-2-18(14-19)17-6-4-16(5-7-17)15-34-13-12-29-10-8-24(9-11-29)22-30(23(33)36-24)37-21(32)20(31)35-22/h1-7,14,22H,8-13,15H2. The minimum atomic E-state index is -4.39. The summed E-state index contributed by atoms with van der Waals surface area (Å²) in [6.45, 7) is 2.51. The normalized spacial score (nSPS) is 21.4. The van der Waals surface area contributed by atoms with Crippen LogP contribution in [0.2, 0.25) is 0 Å². The summed E-state index contributed by atoms with van der Waals surface area (Å²) < 4.78 is 55.2. The molecule has 196 valence electrons. The van der Waals surface area contributed by atoms with E-state index in [1.54, 1.807) is 18.2 Å². The maximum Gasteiger partial charge on any atom is 0.447 e. The van der Waals surface area contributed by atoms with Crippen LogP contribution in [0.15, 0.2) is 48.5 Å². The van der Waals surface area contributed by atoms with Gasteiger partial charge in [-0.1, -0.05) is 41.5 Å². The van der Waals surface area contributed by atoms with Crippen molar-refractivity contribution in [2.75, 3.05) is 26.2 Å². The van der Waals surface area contributed by atoms with Crippen LogP contribution in [0.3, 0.4) is 0 Å². The lowest BCUT2D eigenvalue weighted by Gasteiger charge is -2.40. The highest BCUT2D eigenvalue weighted by Crippen LogP contribution is 2.41. The van der Waals surface area contributed by atoms with Crippen molar-refractivity contribution in [2.24, 2.45) is 0 Å². The van der Waals surface area contributed by atoms with Crippen molar-refractivity contribution in [1.82, 2.24) is 9.96 Å². The van der Waals surface area contributed by atoms with Gasteiger partial charge in [0.15, 0.2) is 5.60 Å². The Bertz CT molecular complexity index is 1190. The smallest absolute Gasteiger partial charge is 0.434 e. The molecule has 0 aromatic heterocycles. The molecule has 1 spiro atoms. The maximum atomic E-state index is 13.0. The highest BCUT2D eigenvalue weighted by Gasteiger charge is 2.62. The third-order valence-corrected chi connectivity index (χ3v) is 6.70. The monoisotopic (exact) mass is 520 g/mol. The van der Waals surface area contributed by atoms with E-state index in [-0.39, 0.29) is 0 Å². The van der Waals surface area contributed by atoms with Gasteiger partial charge in [0.05, 0.1) is 18.8 Å². The number of piperidine rings is 1. The van der Waals surface area contributed by atoms with E-state index in [1.807, 2.05) is 12.1 Å². The summed E-state index contributed by atoms with van der Waals surface area (Å²) >= 11 is 0. The van der Waals surface area contributed by atoms with E-state index in [9.17, 15) is 27.6 Å². The molecule has 5 rings (SSSR count). The van der Waals surface area contributed by atoms with Crippen LogP contribution in [0.1, 0.15) is 24.0 Å². The van der Waals surface area contributed by atoms with Crippen molar-refractivity contribution in [2.45, 2.75) is 37.5 Å². The lowest BCUT2D eigenvalue weighted by Crippen LogP contribution is -2.57. The number of hydrogen-bond acceptors (Lipinski definition) is 8. The summed E-state index contributed by atoms with van der Waals surface area (Å²) in [7, 11) is 0. The van der Waals surface area contributed by atoms with Gasteiger partial charge in [-0.25, -0.2) is 14.4 Å². The summed E-state index contributed by atoms with van der Waals surface area (Å²) in [6.07, 6.45) is -5.56. The Kier molecular flexibility index (Phi) is 6.54. The lowest BCUT2D eigenvalue weighted by molar-refractivity contribution is -0.251. The number of halogens is 3. The maximum absolute atomic E-state index is 13.0. The van der Waals surface area contributed by atoms with E-state index in [0.717, 1.165) is 17.7 Å². The summed E-state index contributed by atoms with van der Waals surface area (Å²) in [4.78, 5) is 41.9.